The maximum atomic E-state index is 13.0. The van der Waals surface area contributed by atoms with Gasteiger partial charge in [-0.3, -0.25) is 9.69 Å². The largest absolute Gasteiger partial charge is 0.447 e. The molecule has 3 rings (SSSR count). The van der Waals surface area contributed by atoms with Gasteiger partial charge in [-0.1, -0.05) is 12.1 Å². The zero-order valence-electron chi connectivity index (χ0n) is 13.1. The molecule has 0 spiro atoms. The highest BCUT2D eigenvalue weighted by molar-refractivity contribution is 5.91. The molecule has 1 aromatic carbocycles. The van der Waals surface area contributed by atoms with Gasteiger partial charge < -0.3 is 9.73 Å². The smallest absolute Gasteiger partial charge is 0.273 e. The van der Waals surface area contributed by atoms with E-state index in [0.29, 0.717) is 37.3 Å². The van der Waals surface area contributed by atoms with Gasteiger partial charge in [0.2, 0.25) is 5.89 Å². The summed E-state index contributed by atoms with van der Waals surface area (Å²) in [5.41, 5.74) is 1.35. The third-order valence-electron chi connectivity index (χ3n) is 3.82. The lowest BCUT2D eigenvalue weighted by molar-refractivity contribution is 0.0950. The number of nitrogens with zero attached hydrogens (tertiary/aromatic N) is 2. The van der Waals surface area contributed by atoms with Gasteiger partial charge >= 0.3 is 0 Å². The molecule has 0 aliphatic heterocycles. The highest BCUT2D eigenvalue weighted by Gasteiger charge is 2.30. The van der Waals surface area contributed by atoms with Gasteiger partial charge in [-0.15, -0.1) is 0 Å². The van der Waals surface area contributed by atoms with Crippen molar-refractivity contribution in [2.45, 2.75) is 38.9 Å². The summed E-state index contributed by atoms with van der Waals surface area (Å²) in [6.45, 7) is 3.67. The van der Waals surface area contributed by atoms with Crippen molar-refractivity contribution in [3.05, 3.63) is 53.5 Å². The lowest BCUT2D eigenvalue weighted by Crippen LogP contribution is -2.26. The van der Waals surface area contributed by atoms with Crippen molar-refractivity contribution in [3.8, 4) is 0 Å². The molecule has 1 aliphatic rings. The molecular weight excluding hydrogens is 297 g/mol. The highest BCUT2D eigenvalue weighted by atomic mass is 19.1. The van der Waals surface area contributed by atoms with E-state index in [1.807, 2.05) is 6.92 Å². The second kappa shape index (κ2) is 6.91. The molecule has 122 valence electrons. The molecule has 1 fully saturated rings. The Kier molecular flexibility index (Phi) is 4.71. The van der Waals surface area contributed by atoms with E-state index in [9.17, 15) is 9.18 Å². The summed E-state index contributed by atoms with van der Waals surface area (Å²) in [5, 5.41) is 2.70. The Balaban J connectivity index is 1.65. The van der Waals surface area contributed by atoms with Gasteiger partial charge in [0.25, 0.3) is 5.91 Å². The molecule has 1 amide bonds. The van der Waals surface area contributed by atoms with E-state index in [-0.39, 0.29) is 11.7 Å². The summed E-state index contributed by atoms with van der Waals surface area (Å²) in [5.74, 6) is 0.0743. The number of benzene rings is 1. The van der Waals surface area contributed by atoms with Gasteiger partial charge in [-0.25, -0.2) is 9.37 Å². The van der Waals surface area contributed by atoms with E-state index in [4.69, 9.17) is 4.42 Å². The minimum Gasteiger partial charge on any atom is -0.447 e. The Labute approximate surface area is 134 Å². The summed E-state index contributed by atoms with van der Waals surface area (Å²) in [6, 6.07) is 7.03. The van der Waals surface area contributed by atoms with Crippen LogP contribution in [-0.4, -0.2) is 28.4 Å². The van der Waals surface area contributed by atoms with Crippen molar-refractivity contribution in [1.82, 2.24) is 15.2 Å². The molecule has 0 radical (unpaired) electrons. The monoisotopic (exact) mass is 317 g/mol. The topological polar surface area (TPSA) is 58.4 Å². The van der Waals surface area contributed by atoms with E-state index >= 15 is 0 Å². The van der Waals surface area contributed by atoms with Crippen LogP contribution in [0.2, 0.25) is 0 Å². The zero-order chi connectivity index (χ0) is 16.2. The molecule has 1 N–H and O–H groups in total. The van der Waals surface area contributed by atoms with Gasteiger partial charge in [-0.05, 0) is 37.5 Å². The van der Waals surface area contributed by atoms with Crippen LogP contribution in [0.4, 0.5) is 4.39 Å². The van der Waals surface area contributed by atoms with Gasteiger partial charge in [0, 0.05) is 19.1 Å². The Morgan fingerprint density at radius 2 is 2.09 bits per heavy atom. The fraction of sp³-hybridized carbons (Fsp3) is 0.412. The van der Waals surface area contributed by atoms with Crippen LogP contribution in [0, 0.1) is 5.82 Å². The van der Waals surface area contributed by atoms with Crippen molar-refractivity contribution in [3.63, 3.8) is 0 Å². The van der Waals surface area contributed by atoms with Crippen molar-refractivity contribution in [2.24, 2.45) is 0 Å². The first-order valence-corrected chi connectivity index (χ1v) is 7.87. The van der Waals surface area contributed by atoms with Crippen LogP contribution < -0.4 is 5.32 Å². The van der Waals surface area contributed by atoms with Gasteiger partial charge in [-0.2, -0.15) is 0 Å². The lowest BCUT2D eigenvalue weighted by atomic mass is 10.2. The second-order valence-electron chi connectivity index (χ2n) is 5.75. The molecule has 5 nitrogen and oxygen atoms in total. The molecule has 1 heterocycles. The van der Waals surface area contributed by atoms with Crippen LogP contribution in [0.1, 0.15) is 41.7 Å². The second-order valence-corrected chi connectivity index (χ2v) is 5.75. The molecule has 0 unspecified atom stereocenters. The minimum absolute atomic E-state index is 0.223. The quantitative estimate of drug-likeness (QED) is 0.853. The number of rotatable bonds is 7. The summed E-state index contributed by atoms with van der Waals surface area (Å²) in [7, 11) is 0. The van der Waals surface area contributed by atoms with E-state index in [1.165, 1.54) is 18.4 Å². The molecule has 0 bridgehead atoms. The zero-order valence-corrected chi connectivity index (χ0v) is 13.1. The van der Waals surface area contributed by atoms with Crippen molar-refractivity contribution >= 4 is 5.91 Å². The first-order valence-electron chi connectivity index (χ1n) is 7.87. The normalized spacial score (nSPS) is 14.2. The van der Waals surface area contributed by atoms with Crippen LogP contribution in [0.3, 0.4) is 0 Å². The van der Waals surface area contributed by atoms with Crippen LogP contribution in [0.5, 0.6) is 0 Å². The number of carbonyl (C=O) groups is 1. The standard InChI is InChI=1S/C17H20FN3O2/c1-2-19-17(22)15-11-23-16(20-15)10-21(14-7-8-14)9-12-3-5-13(18)6-4-12/h3-6,11,14H,2,7-10H2,1H3,(H,19,22). The number of halogens is 1. The molecule has 0 saturated heterocycles. The number of oxazole rings is 1. The minimum atomic E-state index is -0.231. The SMILES string of the molecule is CCNC(=O)c1coc(CN(Cc2ccc(F)cc2)C2CC2)n1. The van der Waals surface area contributed by atoms with Crippen molar-refractivity contribution in [2.75, 3.05) is 6.54 Å². The third kappa shape index (κ3) is 4.16. The first-order chi connectivity index (χ1) is 11.2. The first kappa shape index (κ1) is 15.7. The number of carbonyl (C=O) groups excluding carboxylic acids is 1. The van der Waals surface area contributed by atoms with E-state index in [2.05, 4.69) is 15.2 Å². The molecule has 0 atom stereocenters. The molecule has 1 aromatic heterocycles. The Morgan fingerprint density at radius 1 is 1.35 bits per heavy atom. The Morgan fingerprint density at radius 3 is 2.74 bits per heavy atom. The highest BCUT2D eigenvalue weighted by Crippen LogP contribution is 2.29. The van der Waals surface area contributed by atoms with Crippen LogP contribution in [0.15, 0.2) is 34.9 Å². The predicted molar refractivity (Wildman–Crippen MR) is 83.2 cm³/mol. The number of amides is 1. The summed E-state index contributed by atoms with van der Waals surface area (Å²) in [4.78, 5) is 18.2. The maximum Gasteiger partial charge on any atom is 0.273 e. The predicted octanol–water partition coefficient (Wildman–Crippen LogP) is 2.73. The average Bonchev–Trinajstić information content (AvgIpc) is 3.28. The lowest BCUT2D eigenvalue weighted by Gasteiger charge is -2.20. The molecular formula is C17H20FN3O2. The number of hydrogen-bond donors (Lipinski definition) is 1. The summed E-state index contributed by atoms with van der Waals surface area (Å²) < 4.78 is 18.4. The third-order valence-corrected chi connectivity index (χ3v) is 3.82. The molecule has 1 saturated carbocycles. The van der Waals surface area contributed by atoms with Gasteiger partial charge in [0.1, 0.15) is 12.1 Å². The number of nitrogens with one attached hydrogen (secondary N) is 1. The van der Waals surface area contributed by atoms with Gasteiger partial charge in [0.05, 0.1) is 6.54 Å². The van der Waals surface area contributed by atoms with Crippen molar-refractivity contribution in [1.29, 1.82) is 0 Å². The average molecular weight is 317 g/mol. The molecule has 23 heavy (non-hydrogen) atoms. The van der Waals surface area contributed by atoms with Gasteiger partial charge in [0.15, 0.2) is 5.69 Å². The van der Waals surface area contributed by atoms with E-state index in [1.54, 1.807) is 12.1 Å². The summed E-state index contributed by atoms with van der Waals surface area (Å²) >= 11 is 0. The van der Waals surface area contributed by atoms with Crippen LogP contribution in [0.25, 0.3) is 0 Å². The fourth-order valence-corrected chi connectivity index (χ4v) is 2.49. The number of aromatic nitrogens is 1. The van der Waals surface area contributed by atoms with Crippen LogP contribution in [-0.2, 0) is 13.1 Å². The number of hydrogen-bond acceptors (Lipinski definition) is 4. The van der Waals surface area contributed by atoms with Crippen molar-refractivity contribution < 1.29 is 13.6 Å². The Bertz CT molecular complexity index is 665. The molecule has 2 aromatic rings. The fourth-order valence-electron chi connectivity index (χ4n) is 2.49. The summed E-state index contributed by atoms with van der Waals surface area (Å²) in [6.07, 6.45) is 3.68. The van der Waals surface area contributed by atoms with Crippen LogP contribution >= 0.6 is 0 Å². The molecule has 6 heteroatoms. The maximum absolute atomic E-state index is 13.0. The van der Waals surface area contributed by atoms with E-state index in [0.717, 1.165) is 18.4 Å². The van der Waals surface area contributed by atoms with E-state index < -0.39 is 0 Å². The molecule has 1 aliphatic carbocycles. The Hall–Kier alpha value is -2.21.